The summed E-state index contributed by atoms with van der Waals surface area (Å²) in [5.41, 5.74) is 8.29. The lowest BCUT2D eigenvalue weighted by Gasteiger charge is -2.35. The summed E-state index contributed by atoms with van der Waals surface area (Å²) in [6, 6.07) is 87.1. The molecule has 0 spiro atoms. The molecule has 9 aromatic carbocycles. The first kappa shape index (κ1) is 34.7. The van der Waals surface area contributed by atoms with E-state index in [0.717, 1.165) is 17.1 Å². The van der Waals surface area contributed by atoms with E-state index in [9.17, 15) is 0 Å². The van der Waals surface area contributed by atoms with Crippen LogP contribution in [0, 0.1) is 0 Å². The summed E-state index contributed by atoms with van der Waals surface area (Å²) in [4.78, 5) is 2.49. The van der Waals surface area contributed by atoms with Gasteiger partial charge in [0.15, 0.2) is 8.07 Å². The van der Waals surface area contributed by atoms with Gasteiger partial charge in [0.25, 0.3) is 0 Å². The quantitative estimate of drug-likeness (QED) is 0.105. The highest BCUT2D eigenvalue weighted by Gasteiger charge is 2.41. The van der Waals surface area contributed by atoms with Crippen molar-refractivity contribution in [2.75, 3.05) is 4.90 Å². The first-order valence-electron chi connectivity index (χ1n) is 19.5. The molecule has 10 aromatic rings. The molecule has 1 aromatic heterocycles. The summed E-state index contributed by atoms with van der Waals surface area (Å²) in [5.74, 6) is 0. The number of thiophene rings is 1. The Balaban J connectivity index is 1.26. The lowest BCUT2D eigenvalue weighted by molar-refractivity contribution is 1.30. The average Bonchev–Trinajstić information content (AvgIpc) is 3.69. The monoisotopic (exact) mass is 761 g/mol. The lowest BCUT2D eigenvalue weighted by Crippen LogP contribution is -2.74. The van der Waals surface area contributed by atoms with Gasteiger partial charge in [0, 0.05) is 31.5 Å². The molecule has 1 heterocycles. The maximum Gasteiger partial charge on any atom is 0.179 e. The van der Waals surface area contributed by atoms with Gasteiger partial charge in [-0.05, 0) is 85.5 Å². The Labute approximate surface area is 339 Å². The molecular weight excluding hydrogens is 723 g/mol. The van der Waals surface area contributed by atoms with Crippen molar-refractivity contribution in [3.63, 3.8) is 0 Å². The Morgan fingerprint density at radius 1 is 0.316 bits per heavy atom. The second-order valence-electron chi connectivity index (χ2n) is 14.4. The van der Waals surface area contributed by atoms with Crippen molar-refractivity contribution in [1.29, 1.82) is 0 Å². The van der Waals surface area contributed by atoms with Crippen LogP contribution in [-0.4, -0.2) is 8.07 Å². The largest absolute Gasteiger partial charge is 0.310 e. The molecule has 0 atom stereocenters. The summed E-state index contributed by atoms with van der Waals surface area (Å²) in [6.07, 6.45) is 0. The summed E-state index contributed by atoms with van der Waals surface area (Å²) in [5, 5.41) is 7.97. The first-order valence-corrected chi connectivity index (χ1v) is 22.3. The predicted octanol–water partition coefficient (Wildman–Crippen LogP) is 12.2. The minimum Gasteiger partial charge on any atom is -0.310 e. The summed E-state index contributed by atoms with van der Waals surface area (Å²) in [7, 11) is -2.79. The van der Waals surface area contributed by atoms with Gasteiger partial charge >= 0.3 is 0 Å². The molecule has 0 radical (unpaired) electrons. The van der Waals surface area contributed by atoms with Crippen LogP contribution in [0.1, 0.15) is 0 Å². The topological polar surface area (TPSA) is 3.24 Å². The zero-order valence-electron chi connectivity index (χ0n) is 31.4. The molecule has 0 aliphatic carbocycles. The van der Waals surface area contributed by atoms with Gasteiger partial charge in [-0.25, -0.2) is 0 Å². The molecule has 10 rings (SSSR count). The third-order valence-corrected chi connectivity index (χ3v) is 17.1. The molecular formula is C54H39NSSi. The number of nitrogens with zero attached hydrogens (tertiary/aromatic N) is 1. The summed E-state index contributed by atoms with van der Waals surface area (Å²) >= 11 is 1.87. The average molecular weight is 762 g/mol. The molecule has 0 unspecified atom stereocenters. The highest BCUT2D eigenvalue weighted by atomic mass is 32.1. The van der Waals surface area contributed by atoms with Gasteiger partial charge in [-0.1, -0.05) is 194 Å². The van der Waals surface area contributed by atoms with Gasteiger partial charge in [0.05, 0.1) is 5.69 Å². The number of anilines is 3. The molecule has 0 saturated heterocycles. The van der Waals surface area contributed by atoms with Gasteiger partial charge in [0.1, 0.15) is 0 Å². The fraction of sp³-hybridized carbons (Fsp3) is 0. The standard InChI is InChI=1S/C54H39NSSi/c1-6-19-40(20-7-1)41-35-37-43(38-36-41)55(50-32-18-34-52-54(50)53-49(31-17-33-51(53)56-52)42-21-8-2-9-22-42)44-23-16-30-48(39-44)57(45-24-10-3-11-25-45,46-26-12-4-13-27-46)47-28-14-5-15-29-47/h1-39H. The van der Waals surface area contributed by atoms with Crippen molar-refractivity contribution in [3.05, 3.63) is 237 Å². The number of benzene rings is 9. The van der Waals surface area contributed by atoms with Gasteiger partial charge in [-0.2, -0.15) is 0 Å². The first-order chi connectivity index (χ1) is 28.3. The van der Waals surface area contributed by atoms with E-state index in [2.05, 4.69) is 241 Å². The predicted molar refractivity (Wildman–Crippen MR) is 249 cm³/mol. The SMILES string of the molecule is c1ccc(-c2ccc(N(c3cccc([Si](c4ccccc4)(c4ccccc4)c4ccccc4)c3)c3cccc4sc5cccc(-c6ccccc6)c5c34)cc2)cc1. The lowest BCUT2D eigenvalue weighted by atomic mass is 9.98. The van der Waals surface area contributed by atoms with Gasteiger partial charge in [-0.3, -0.25) is 0 Å². The van der Waals surface area contributed by atoms with Crippen LogP contribution in [0.15, 0.2) is 237 Å². The minimum atomic E-state index is -2.79. The Morgan fingerprint density at radius 2 is 0.772 bits per heavy atom. The normalized spacial score (nSPS) is 11.5. The second-order valence-corrected chi connectivity index (χ2v) is 19.3. The van der Waals surface area contributed by atoms with Crippen molar-refractivity contribution in [1.82, 2.24) is 0 Å². The van der Waals surface area contributed by atoms with Crippen molar-refractivity contribution < 1.29 is 0 Å². The van der Waals surface area contributed by atoms with Crippen molar-refractivity contribution >= 4 is 77.4 Å². The number of hydrogen-bond acceptors (Lipinski definition) is 2. The van der Waals surface area contributed by atoms with E-state index in [-0.39, 0.29) is 0 Å². The highest BCUT2D eigenvalue weighted by Crippen LogP contribution is 2.47. The fourth-order valence-electron chi connectivity index (χ4n) is 8.70. The molecule has 0 bridgehead atoms. The molecule has 3 heteroatoms. The molecule has 0 amide bonds. The van der Waals surface area contributed by atoms with Gasteiger partial charge in [-0.15, -0.1) is 11.3 Å². The Morgan fingerprint density at radius 3 is 1.35 bits per heavy atom. The number of hydrogen-bond donors (Lipinski definition) is 0. The number of rotatable bonds is 9. The smallest absolute Gasteiger partial charge is 0.179 e. The van der Waals surface area contributed by atoms with E-state index in [1.807, 2.05) is 11.3 Å². The van der Waals surface area contributed by atoms with Crippen LogP contribution in [0.3, 0.4) is 0 Å². The van der Waals surface area contributed by atoms with Crippen LogP contribution in [0.25, 0.3) is 42.4 Å². The van der Waals surface area contributed by atoms with Crippen LogP contribution in [0.5, 0.6) is 0 Å². The zero-order chi connectivity index (χ0) is 38.0. The second kappa shape index (κ2) is 15.0. The van der Waals surface area contributed by atoms with Crippen molar-refractivity contribution in [2.45, 2.75) is 0 Å². The highest BCUT2D eigenvalue weighted by molar-refractivity contribution is 7.26. The molecule has 0 N–H and O–H groups in total. The molecule has 1 nitrogen and oxygen atoms in total. The molecule has 0 aliphatic heterocycles. The van der Waals surface area contributed by atoms with E-state index in [0.29, 0.717) is 0 Å². The Kier molecular flexibility index (Phi) is 9.15. The van der Waals surface area contributed by atoms with E-state index in [1.165, 1.54) is 63.2 Å². The molecule has 0 saturated carbocycles. The summed E-state index contributed by atoms with van der Waals surface area (Å²) < 4.78 is 2.56. The van der Waals surface area contributed by atoms with Crippen LogP contribution in [-0.2, 0) is 0 Å². The number of fused-ring (bicyclic) bond motifs is 3. The maximum atomic E-state index is 2.49. The van der Waals surface area contributed by atoms with Crippen LogP contribution in [0.2, 0.25) is 0 Å². The Bertz CT molecular complexity index is 2830. The van der Waals surface area contributed by atoms with Gasteiger partial charge in [0.2, 0.25) is 0 Å². The summed E-state index contributed by atoms with van der Waals surface area (Å²) in [6.45, 7) is 0. The molecule has 270 valence electrons. The third kappa shape index (κ3) is 6.18. The van der Waals surface area contributed by atoms with E-state index in [4.69, 9.17) is 0 Å². The van der Waals surface area contributed by atoms with Crippen molar-refractivity contribution in [3.8, 4) is 22.3 Å². The zero-order valence-corrected chi connectivity index (χ0v) is 33.2. The van der Waals surface area contributed by atoms with E-state index in [1.54, 1.807) is 0 Å². The van der Waals surface area contributed by atoms with Crippen LogP contribution >= 0.6 is 11.3 Å². The Hall–Kier alpha value is -6.78. The molecule has 0 aliphatic rings. The van der Waals surface area contributed by atoms with Crippen LogP contribution < -0.4 is 25.6 Å². The van der Waals surface area contributed by atoms with E-state index >= 15 is 0 Å². The van der Waals surface area contributed by atoms with Gasteiger partial charge < -0.3 is 4.90 Å². The third-order valence-electron chi connectivity index (χ3n) is 11.2. The molecule has 57 heavy (non-hydrogen) atoms. The fourth-order valence-corrected chi connectivity index (χ4v) is 14.6. The maximum absolute atomic E-state index is 2.79. The van der Waals surface area contributed by atoms with Crippen LogP contribution in [0.4, 0.5) is 17.1 Å². The molecule has 0 fully saturated rings. The van der Waals surface area contributed by atoms with E-state index < -0.39 is 8.07 Å². The van der Waals surface area contributed by atoms with Crippen molar-refractivity contribution in [2.24, 2.45) is 0 Å². The minimum absolute atomic E-state index is 1.11.